The Morgan fingerprint density at radius 3 is 2.88 bits per heavy atom. The third-order valence-electron chi connectivity index (χ3n) is 3.40. The average Bonchev–Trinajstić information content (AvgIpc) is 2.71. The van der Waals surface area contributed by atoms with Crippen LogP contribution in [0.2, 0.25) is 0 Å². The Morgan fingerprint density at radius 2 is 2.06 bits per heavy atom. The highest BCUT2D eigenvalue weighted by Gasteiger charge is 2.12. The van der Waals surface area contributed by atoms with Gasteiger partial charge in [-0.25, -0.2) is 0 Å². The van der Waals surface area contributed by atoms with E-state index in [-0.39, 0.29) is 0 Å². The molecule has 90 valence electrons. The Balaban J connectivity index is 1.72. The van der Waals surface area contributed by atoms with Gasteiger partial charge in [-0.2, -0.15) is 0 Å². The lowest BCUT2D eigenvalue weighted by molar-refractivity contribution is 0.485. The lowest BCUT2D eigenvalue weighted by atomic mass is 10.1. The second kappa shape index (κ2) is 6.81. The van der Waals surface area contributed by atoms with Gasteiger partial charge in [0.2, 0.25) is 0 Å². The molecule has 2 rings (SSSR count). The average molecular weight is 221 g/mol. The highest BCUT2D eigenvalue weighted by Crippen LogP contribution is 2.16. The first-order valence-corrected chi connectivity index (χ1v) is 6.60. The lowest BCUT2D eigenvalue weighted by Gasteiger charge is -2.16. The molecule has 0 bridgehead atoms. The van der Waals surface area contributed by atoms with Crippen LogP contribution < -0.4 is 10.6 Å². The van der Waals surface area contributed by atoms with Gasteiger partial charge < -0.3 is 10.6 Å². The van der Waals surface area contributed by atoms with Crippen LogP contribution in [0.15, 0.2) is 17.3 Å². The SMILES string of the molecule is C1=CN=C(CNC2CCCCCC2)CNC1. The minimum atomic E-state index is 0.720. The standard InChI is InChI=1S/C13H23N3/c1-2-4-7-12(6-3-1)16-11-13-10-14-8-5-9-15-13/h5,9,12,14,16H,1-4,6-8,10-11H2. The molecule has 1 heterocycles. The van der Waals surface area contributed by atoms with E-state index >= 15 is 0 Å². The van der Waals surface area contributed by atoms with E-state index in [1.165, 1.54) is 44.2 Å². The van der Waals surface area contributed by atoms with Crippen LogP contribution >= 0.6 is 0 Å². The van der Waals surface area contributed by atoms with Crippen molar-refractivity contribution in [3.63, 3.8) is 0 Å². The lowest BCUT2D eigenvalue weighted by Crippen LogP contribution is -2.36. The van der Waals surface area contributed by atoms with Gasteiger partial charge in [0, 0.05) is 37.6 Å². The molecular weight excluding hydrogens is 198 g/mol. The molecule has 0 aromatic rings. The van der Waals surface area contributed by atoms with E-state index in [1.807, 2.05) is 6.20 Å². The molecule has 3 nitrogen and oxygen atoms in total. The van der Waals surface area contributed by atoms with E-state index in [0.29, 0.717) is 0 Å². The molecule has 3 heteroatoms. The molecule has 0 unspecified atom stereocenters. The van der Waals surface area contributed by atoms with Gasteiger partial charge in [0.05, 0.1) is 0 Å². The van der Waals surface area contributed by atoms with Crippen molar-refractivity contribution in [3.8, 4) is 0 Å². The molecule has 1 aliphatic carbocycles. The van der Waals surface area contributed by atoms with E-state index in [9.17, 15) is 0 Å². The van der Waals surface area contributed by atoms with Crippen LogP contribution in [0, 0.1) is 0 Å². The Morgan fingerprint density at radius 1 is 1.25 bits per heavy atom. The molecule has 0 amide bonds. The molecule has 2 N–H and O–H groups in total. The van der Waals surface area contributed by atoms with E-state index in [2.05, 4.69) is 21.7 Å². The van der Waals surface area contributed by atoms with E-state index < -0.39 is 0 Å². The summed E-state index contributed by atoms with van der Waals surface area (Å²) in [4.78, 5) is 4.44. The summed E-state index contributed by atoms with van der Waals surface area (Å²) in [6.07, 6.45) is 12.3. The summed E-state index contributed by atoms with van der Waals surface area (Å²) >= 11 is 0. The van der Waals surface area contributed by atoms with Gasteiger partial charge >= 0.3 is 0 Å². The number of hydrogen-bond acceptors (Lipinski definition) is 3. The fourth-order valence-electron chi connectivity index (χ4n) is 2.41. The molecule has 0 radical (unpaired) electrons. The molecule has 1 saturated carbocycles. The van der Waals surface area contributed by atoms with E-state index in [1.54, 1.807) is 0 Å². The number of rotatable bonds is 3. The molecule has 2 aliphatic rings. The summed E-state index contributed by atoms with van der Waals surface area (Å²) in [6, 6.07) is 0.720. The van der Waals surface area contributed by atoms with Crippen molar-refractivity contribution in [1.82, 2.24) is 10.6 Å². The summed E-state index contributed by atoms with van der Waals surface area (Å²) < 4.78 is 0. The largest absolute Gasteiger partial charge is 0.309 e. The van der Waals surface area contributed by atoms with Crippen molar-refractivity contribution in [2.75, 3.05) is 19.6 Å². The molecule has 1 fully saturated rings. The molecule has 0 saturated heterocycles. The Labute approximate surface area is 98.4 Å². The van der Waals surface area contributed by atoms with Gasteiger partial charge in [-0.15, -0.1) is 0 Å². The minimum absolute atomic E-state index is 0.720. The van der Waals surface area contributed by atoms with Crippen LogP contribution in [0.3, 0.4) is 0 Å². The number of aliphatic imine (C=N–C) groups is 1. The van der Waals surface area contributed by atoms with E-state index in [0.717, 1.165) is 25.7 Å². The van der Waals surface area contributed by atoms with Gasteiger partial charge in [0.15, 0.2) is 0 Å². The fraction of sp³-hybridized carbons (Fsp3) is 0.769. The monoisotopic (exact) mass is 221 g/mol. The topological polar surface area (TPSA) is 36.4 Å². The quantitative estimate of drug-likeness (QED) is 0.714. The Bertz CT molecular complexity index is 250. The first kappa shape index (κ1) is 11.8. The third-order valence-corrected chi connectivity index (χ3v) is 3.40. The first-order valence-electron chi connectivity index (χ1n) is 6.60. The maximum absolute atomic E-state index is 4.44. The molecule has 0 spiro atoms. The molecule has 0 atom stereocenters. The minimum Gasteiger partial charge on any atom is -0.309 e. The Kier molecular flexibility index (Phi) is 5.03. The summed E-state index contributed by atoms with van der Waals surface area (Å²) in [7, 11) is 0. The zero-order chi connectivity index (χ0) is 11.1. The smallest absolute Gasteiger partial charge is 0.0454 e. The zero-order valence-electron chi connectivity index (χ0n) is 10.0. The number of nitrogens with one attached hydrogen (secondary N) is 2. The van der Waals surface area contributed by atoms with E-state index in [4.69, 9.17) is 0 Å². The zero-order valence-corrected chi connectivity index (χ0v) is 10.0. The second-order valence-corrected chi connectivity index (χ2v) is 4.78. The first-order chi connectivity index (χ1) is 7.95. The maximum atomic E-state index is 4.44. The third kappa shape index (κ3) is 4.06. The van der Waals surface area contributed by atoms with Crippen molar-refractivity contribution in [2.45, 2.75) is 44.6 Å². The van der Waals surface area contributed by atoms with Crippen LogP contribution in [0.25, 0.3) is 0 Å². The highest BCUT2D eigenvalue weighted by atomic mass is 15.0. The molecule has 1 aliphatic heterocycles. The summed E-state index contributed by atoms with van der Waals surface area (Å²) in [5.74, 6) is 0. The van der Waals surface area contributed by atoms with Crippen LogP contribution in [0.5, 0.6) is 0 Å². The second-order valence-electron chi connectivity index (χ2n) is 4.78. The van der Waals surface area contributed by atoms with Gasteiger partial charge in [-0.3, -0.25) is 4.99 Å². The Hall–Kier alpha value is -0.670. The highest BCUT2D eigenvalue weighted by molar-refractivity contribution is 5.89. The van der Waals surface area contributed by atoms with Crippen molar-refractivity contribution in [3.05, 3.63) is 12.3 Å². The summed E-state index contributed by atoms with van der Waals surface area (Å²) in [5, 5.41) is 6.99. The van der Waals surface area contributed by atoms with Crippen molar-refractivity contribution < 1.29 is 0 Å². The number of hydrogen-bond donors (Lipinski definition) is 2. The molecular formula is C13H23N3. The van der Waals surface area contributed by atoms with Crippen molar-refractivity contribution in [2.24, 2.45) is 4.99 Å². The normalized spacial score (nSPS) is 23.6. The number of nitrogens with zero attached hydrogens (tertiary/aromatic N) is 1. The van der Waals surface area contributed by atoms with Gasteiger partial charge in [0.1, 0.15) is 0 Å². The fourth-order valence-corrected chi connectivity index (χ4v) is 2.41. The molecule has 16 heavy (non-hydrogen) atoms. The van der Waals surface area contributed by atoms with Crippen LogP contribution in [-0.2, 0) is 0 Å². The maximum Gasteiger partial charge on any atom is 0.0454 e. The van der Waals surface area contributed by atoms with Crippen LogP contribution in [0.1, 0.15) is 38.5 Å². The molecule has 0 aromatic carbocycles. The predicted molar refractivity (Wildman–Crippen MR) is 68.9 cm³/mol. The summed E-state index contributed by atoms with van der Waals surface area (Å²) in [6.45, 7) is 2.81. The van der Waals surface area contributed by atoms with Gasteiger partial charge in [0.25, 0.3) is 0 Å². The van der Waals surface area contributed by atoms with Gasteiger partial charge in [-0.05, 0) is 12.8 Å². The van der Waals surface area contributed by atoms with Gasteiger partial charge in [-0.1, -0.05) is 31.8 Å². The van der Waals surface area contributed by atoms with Crippen molar-refractivity contribution in [1.29, 1.82) is 0 Å². The van der Waals surface area contributed by atoms with Crippen LogP contribution in [-0.4, -0.2) is 31.4 Å². The molecule has 0 aromatic heterocycles. The summed E-state index contributed by atoms with van der Waals surface area (Å²) in [5.41, 5.74) is 1.23. The van der Waals surface area contributed by atoms with Crippen molar-refractivity contribution >= 4 is 5.71 Å². The predicted octanol–water partition coefficient (Wildman–Crippen LogP) is 1.86. The van der Waals surface area contributed by atoms with Crippen LogP contribution in [0.4, 0.5) is 0 Å².